The summed E-state index contributed by atoms with van der Waals surface area (Å²) in [4.78, 5) is 0. The van der Waals surface area contributed by atoms with Crippen molar-refractivity contribution in [2.75, 3.05) is 13.1 Å². The largest absolute Gasteiger partial charge is 0.491 e. The second-order valence-electron chi connectivity index (χ2n) is 6.07. The highest BCUT2D eigenvalue weighted by Gasteiger charge is 2.19. The molecule has 0 radical (unpaired) electrons. The highest BCUT2D eigenvalue weighted by atomic mass is 16.5. The molecule has 0 aliphatic carbocycles. The fourth-order valence-corrected chi connectivity index (χ4v) is 3.21. The van der Waals surface area contributed by atoms with Crippen LogP contribution in [0.2, 0.25) is 0 Å². The smallest absolute Gasteiger partial charge is 0.120 e. The van der Waals surface area contributed by atoms with Crippen LogP contribution in [0.5, 0.6) is 5.75 Å². The van der Waals surface area contributed by atoms with Gasteiger partial charge in [-0.3, -0.25) is 0 Å². The van der Waals surface area contributed by atoms with E-state index in [1.165, 1.54) is 29.3 Å². The Balaban J connectivity index is 2.02. The van der Waals surface area contributed by atoms with Crippen LogP contribution >= 0.6 is 0 Å². The molecule has 0 spiro atoms. The van der Waals surface area contributed by atoms with Gasteiger partial charge in [-0.15, -0.1) is 0 Å². The van der Waals surface area contributed by atoms with Crippen molar-refractivity contribution in [1.82, 2.24) is 9.88 Å². The molecule has 3 heteroatoms. The number of ether oxygens (including phenoxy) is 1. The Kier molecular flexibility index (Phi) is 3.70. The molecule has 108 valence electrons. The fourth-order valence-electron chi connectivity index (χ4n) is 3.21. The van der Waals surface area contributed by atoms with Crippen molar-refractivity contribution < 1.29 is 4.74 Å². The first-order valence-electron chi connectivity index (χ1n) is 7.61. The molecule has 1 aromatic carbocycles. The quantitative estimate of drug-likeness (QED) is 0.926. The lowest BCUT2D eigenvalue weighted by molar-refractivity contribution is 0.243. The molecule has 0 amide bonds. The highest BCUT2D eigenvalue weighted by molar-refractivity contribution is 5.86. The minimum Gasteiger partial charge on any atom is -0.491 e. The summed E-state index contributed by atoms with van der Waals surface area (Å²) in [6.07, 6.45) is 4.99. The van der Waals surface area contributed by atoms with Crippen LogP contribution in [0.1, 0.15) is 38.2 Å². The number of hydrogen-bond donors (Lipinski definition) is 1. The van der Waals surface area contributed by atoms with Crippen molar-refractivity contribution >= 4 is 10.9 Å². The van der Waals surface area contributed by atoms with E-state index in [0.717, 1.165) is 18.8 Å². The van der Waals surface area contributed by atoms with Gasteiger partial charge in [0.15, 0.2) is 0 Å². The number of fused-ring (bicyclic) bond motifs is 1. The van der Waals surface area contributed by atoms with Crippen molar-refractivity contribution in [3.05, 3.63) is 30.0 Å². The number of nitrogens with zero attached hydrogens (tertiary/aromatic N) is 1. The summed E-state index contributed by atoms with van der Waals surface area (Å²) < 4.78 is 8.09. The summed E-state index contributed by atoms with van der Waals surface area (Å²) in [5, 5.41) is 4.80. The topological polar surface area (TPSA) is 26.2 Å². The standard InChI is InChI=1S/C17H24N2O/c1-12(2)20-14-4-5-17-15(10-14)16(11-19(17)3)13-6-8-18-9-7-13/h4-5,10-13,18H,6-9H2,1-3H3. The molecule has 1 aromatic heterocycles. The Morgan fingerprint density at radius 1 is 1.25 bits per heavy atom. The van der Waals surface area contributed by atoms with Crippen LogP contribution in [0.3, 0.4) is 0 Å². The molecule has 1 aliphatic heterocycles. The molecule has 0 atom stereocenters. The lowest BCUT2D eigenvalue weighted by Crippen LogP contribution is -2.26. The minimum absolute atomic E-state index is 0.221. The first kappa shape index (κ1) is 13.5. The van der Waals surface area contributed by atoms with Gasteiger partial charge in [0.1, 0.15) is 5.75 Å². The van der Waals surface area contributed by atoms with E-state index in [4.69, 9.17) is 4.74 Å². The Morgan fingerprint density at radius 2 is 2.00 bits per heavy atom. The van der Waals surface area contributed by atoms with E-state index in [-0.39, 0.29) is 6.10 Å². The van der Waals surface area contributed by atoms with E-state index in [0.29, 0.717) is 5.92 Å². The maximum atomic E-state index is 5.85. The molecule has 2 heterocycles. The van der Waals surface area contributed by atoms with E-state index in [2.05, 4.69) is 55.2 Å². The monoisotopic (exact) mass is 272 g/mol. The number of aromatic nitrogens is 1. The summed E-state index contributed by atoms with van der Waals surface area (Å²) in [6.45, 7) is 6.40. The number of rotatable bonds is 3. The number of aryl methyl sites for hydroxylation is 1. The number of hydrogen-bond acceptors (Lipinski definition) is 2. The first-order chi connectivity index (χ1) is 9.65. The van der Waals surface area contributed by atoms with Crippen molar-refractivity contribution in [2.24, 2.45) is 7.05 Å². The van der Waals surface area contributed by atoms with E-state index < -0.39 is 0 Å². The maximum absolute atomic E-state index is 5.85. The van der Waals surface area contributed by atoms with Crippen LogP contribution < -0.4 is 10.1 Å². The molecule has 1 fully saturated rings. The molecule has 2 aromatic rings. The van der Waals surface area contributed by atoms with Crippen molar-refractivity contribution in [1.29, 1.82) is 0 Å². The third-order valence-corrected chi connectivity index (χ3v) is 4.14. The minimum atomic E-state index is 0.221. The molecule has 3 nitrogen and oxygen atoms in total. The SMILES string of the molecule is CC(C)Oc1ccc2c(c1)c(C1CCNCC1)cn2C. The van der Waals surface area contributed by atoms with Gasteiger partial charge in [0.2, 0.25) is 0 Å². The van der Waals surface area contributed by atoms with E-state index in [1.54, 1.807) is 0 Å². The third-order valence-electron chi connectivity index (χ3n) is 4.14. The molecule has 0 saturated carbocycles. The van der Waals surface area contributed by atoms with Crippen LogP contribution in [-0.2, 0) is 7.05 Å². The molecule has 20 heavy (non-hydrogen) atoms. The number of nitrogens with one attached hydrogen (secondary N) is 1. The van der Waals surface area contributed by atoms with Crippen molar-refractivity contribution in [3.63, 3.8) is 0 Å². The Labute approximate surface area is 120 Å². The molecule has 0 unspecified atom stereocenters. The Bertz CT molecular complexity index is 594. The fraction of sp³-hybridized carbons (Fsp3) is 0.529. The average Bonchev–Trinajstić information content (AvgIpc) is 2.76. The molecule has 1 saturated heterocycles. The zero-order chi connectivity index (χ0) is 14.1. The Hall–Kier alpha value is -1.48. The average molecular weight is 272 g/mol. The van der Waals surface area contributed by atoms with Gasteiger partial charge < -0.3 is 14.6 Å². The van der Waals surface area contributed by atoms with Crippen molar-refractivity contribution in [3.8, 4) is 5.75 Å². The number of piperidine rings is 1. The molecule has 0 bridgehead atoms. The molecule has 1 N–H and O–H groups in total. The van der Waals surface area contributed by atoms with Gasteiger partial charge in [-0.25, -0.2) is 0 Å². The summed E-state index contributed by atoms with van der Waals surface area (Å²) in [5.41, 5.74) is 2.79. The molecule has 1 aliphatic rings. The van der Waals surface area contributed by atoms with Crippen molar-refractivity contribution in [2.45, 2.75) is 38.7 Å². The molecular weight excluding hydrogens is 248 g/mol. The van der Waals surface area contributed by atoms with Gasteiger partial charge in [0.25, 0.3) is 0 Å². The molecule has 3 rings (SSSR count). The summed E-state index contributed by atoms with van der Waals surface area (Å²) >= 11 is 0. The van der Waals surface area contributed by atoms with Gasteiger partial charge in [-0.05, 0) is 69.5 Å². The van der Waals surface area contributed by atoms with Crippen LogP contribution in [0, 0.1) is 0 Å². The zero-order valence-electron chi connectivity index (χ0n) is 12.6. The van der Waals surface area contributed by atoms with Crippen LogP contribution in [-0.4, -0.2) is 23.8 Å². The second-order valence-corrected chi connectivity index (χ2v) is 6.07. The second kappa shape index (κ2) is 5.49. The summed E-state index contributed by atoms with van der Waals surface area (Å²) in [7, 11) is 2.13. The van der Waals surface area contributed by atoms with E-state index >= 15 is 0 Å². The predicted molar refractivity (Wildman–Crippen MR) is 83.5 cm³/mol. The number of benzene rings is 1. The molecular formula is C17H24N2O. The van der Waals surface area contributed by atoms with Gasteiger partial charge in [0.05, 0.1) is 6.10 Å². The summed E-state index contributed by atoms with van der Waals surface area (Å²) in [6, 6.07) is 6.47. The van der Waals surface area contributed by atoms with Gasteiger partial charge >= 0.3 is 0 Å². The lowest BCUT2D eigenvalue weighted by atomic mass is 9.90. The van der Waals surface area contributed by atoms with Crippen LogP contribution in [0.25, 0.3) is 10.9 Å². The zero-order valence-corrected chi connectivity index (χ0v) is 12.6. The van der Waals surface area contributed by atoms with Crippen LogP contribution in [0.15, 0.2) is 24.4 Å². The highest BCUT2D eigenvalue weighted by Crippen LogP contribution is 2.34. The normalized spacial score (nSPS) is 17.0. The third kappa shape index (κ3) is 2.55. The van der Waals surface area contributed by atoms with Crippen LogP contribution in [0.4, 0.5) is 0 Å². The predicted octanol–water partition coefficient (Wildman–Crippen LogP) is 3.43. The Morgan fingerprint density at radius 3 is 2.70 bits per heavy atom. The van der Waals surface area contributed by atoms with Gasteiger partial charge in [-0.1, -0.05) is 0 Å². The van der Waals surface area contributed by atoms with E-state index in [9.17, 15) is 0 Å². The first-order valence-corrected chi connectivity index (χ1v) is 7.61. The van der Waals surface area contributed by atoms with Gasteiger partial charge in [-0.2, -0.15) is 0 Å². The van der Waals surface area contributed by atoms with Gasteiger partial charge in [0, 0.05) is 24.1 Å². The summed E-state index contributed by atoms with van der Waals surface area (Å²) in [5.74, 6) is 1.66. The lowest BCUT2D eigenvalue weighted by Gasteiger charge is -2.22. The van der Waals surface area contributed by atoms with E-state index in [1.807, 2.05) is 0 Å². The maximum Gasteiger partial charge on any atom is 0.120 e.